The van der Waals surface area contributed by atoms with Gasteiger partial charge in [0.15, 0.2) is 0 Å². The van der Waals surface area contributed by atoms with Gasteiger partial charge in [-0.2, -0.15) is 0 Å². The molecule has 2 atom stereocenters. The second kappa shape index (κ2) is 4.55. The highest BCUT2D eigenvalue weighted by Crippen LogP contribution is 2.16. The maximum Gasteiger partial charge on any atom is 0.255 e. The van der Waals surface area contributed by atoms with E-state index in [1.807, 2.05) is 4.90 Å². The zero-order valence-corrected chi connectivity index (χ0v) is 10.0. The van der Waals surface area contributed by atoms with E-state index in [1.54, 1.807) is 12.1 Å². The number of fused-ring (bicyclic) bond motifs is 2. The van der Waals surface area contributed by atoms with Crippen molar-refractivity contribution in [3.63, 3.8) is 0 Å². The van der Waals surface area contributed by atoms with Gasteiger partial charge in [0.25, 0.3) is 5.91 Å². The van der Waals surface area contributed by atoms with Crippen molar-refractivity contribution in [3.05, 3.63) is 23.9 Å². The first kappa shape index (κ1) is 11.4. The molecule has 2 unspecified atom stereocenters. The Hall–Kier alpha value is -1.66. The minimum absolute atomic E-state index is 0.00250. The molecule has 0 saturated carbocycles. The molecule has 2 bridgehead atoms. The summed E-state index contributed by atoms with van der Waals surface area (Å²) >= 11 is 0. The second-order valence-electron chi connectivity index (χ2n) is 4.72. The van der Waals surface area contributed by atoms with E-state index in [4.69, 9.17) is 10.5 Å². The predicted octanol–water partition coefficient (Wildman–Crippen LogP) is -0.523. The molecule has 3 N–H and O–H groups in total. The van der Waals surface area contributed by atoms with Crippen LogP contribution in [0.5, 0.6) is 0 Å². The number of ether oxygens (including phenoxy) is 1. The van der Waals surface area contributed by atoms with Gasteiger partial charge in [0.05, 0.1) is 17.8 Å². The van der Waals surface area contributed by atoms with Crippen molar-refractivity contribution in [1.29, 1.82) is 0 Å². The third-order valence-corrected chi connectivity index (χ3v) is 3.30. The fraction of sp³-hybridized carbons (Fsp3) is 0.500. The van der Waals surface area contributed by atoms with Crippen LogP contribution >= 0.6 is 0 Å². The molecule has 0 spiro atoms. The lowest BCUT2D eigenvalue weighted by atomic mass is 10.1. The molecule has 0 aromatic carbocycles. The van der Waals surface area contributed by atoms with E-state index in [9.17, 15) is 4.79 Å². The van der Waals surface area contributed by atoms with Crippen LogP contribution in [-0.4, -0.2) is 54.2 Å². The molecule has 1 amide bonds. The number of carbonyl (C=O) groups excluding carboxylic acids is 1. The van der Waals surface area contributed by atoms with Gasteiger partial charge in [-0.15, -0.1) is 0 Å². The molecule has 0 aliphatic carbocycles. The molecular weight excluding hydrogens is 232 g/mol. The van der Waals surface area contributed by atoms with Crippen molar-refractivity contribution >= 4 is 11.7 Å². The van der Waals surface area contributed by atoms with Gasteiger partial charge in [-0.05, 0) is 12.1 Å². The lowest BCUT2D eigenvalue weighted by Gasteiger charge is -2.41. The van der Waals surface area contributed by atoms with Crippen molar-refractivity contribution in [1.82, 2.24) is 15.2 Å². The first-order chi connectivity index (χ1) is 8.72. The number of nitrogens with two attached hydrogens (primary N) is 1. The topological polar surface area (TPSA) is 80.5 Å². The summed E-state index contributed by atoms with van der Waals surface area (Å²) in [6.07, 6.45) is 1.73. The monoisotopic (exact) mass is 248 g/mol. The Kier molecular flexibility index (Phi) is 2.89. The smallest absolute Gasteiger partial charge is 0.255 e. The summed E-state index contributed by atoms with van der Waals surface area (Å²) in [6.45, 7) is 2.87. The van der Waals surface area contributed by atoms with Gasteiger partial charge in [0.1, 0.15) is 5.82 Å². The highest BCUT2D eigenvalue weighted by molar-refractivity contribution is 5.94. The van der Waals surface area contributed by atoms with Gasteiger partial charge < -0.3 is 20.7 Å². The van der Waals surface area contributed by atoms with Gasteiger partial charge in [0, 0.05) is 32.4 Å². The number of nitrogens with zero attached hydrogens (tertiary/aromatic N) is 2. The van der Waals surface area contributed by atoms with E-state index in [-0.39, 0.29) is 18.1 Å². The van der Waals surface area contributed by atoms with Crippen molar-refractivity contribution in [2.75, 3.05) is 31.9 Å². The van der Waals surface area contributed by atoms with Crippen LogP contribution in [0.2, 0.25) is 0 Å². The van der Waals surface area contributed by atoms with Crippen LogP contribution in [0.3, 0.4) is 0 Å². The van der Waals surface area contributed by atoms with Crippen LogP contribution in [0.1, 0.15) is 10.4 Å². The van der Waals surface area contributed by atoms with E-state index in [0.717, 1.165) is 13.1 Å². The molecule has 0 radical (unpaired) electrons. The SMILES string of the molecule is Nc1ccc(C(=O)N2CC3CNCC(C2)O3)cn1. The van der Waals surface area contributed by atoms with E-state index >= 15 is 0 Å². The predicted molar refractivity (Wildman–Crippen MR) is 66.1 cm³/mol. The molecule has 2 aliphatic rings. The molecule has 2 saturated heterocycles. The normalized spacial score (nSPS) is 27.0. The zero-order chi connectivity index (χ0) is 12.5. The molecule has 6 nitrogen and oxygen atoms in total. The molecule has 2 fully saturated rings. The fourth-order valence-corrected chi connectivity index (χ4v) is 2.44. The quantitative estimate of drug-likeness (QED) is 0.699. The summed E-state index contributed by atoms with van der Waals surface area (Å²) in [5.41, 5.74) is 6.10. The van der Waals surface area contributed by atoms with Gasteiger partial charge in [0.2, 0.25) is 0 Å². The maximum atomic E-state index is 12.3. The number of hydrogen-bond acceptors (Lipinski definition) is 5. The van der Waals surface area contributed by atoms with E-state index < -0.39 is 0 Å². The number of anilines is 1. The number of rotatable bonds is 1. The van der Waals surface area contributed by atoms with Gasteiger partial charge in [-0.25, -0.2) is 4.98 Å². The van der Waals surface area contributed by atoms with Crippen molar-refractivity contribution in [3.8, 4) is 0 Å². The molecular formula is C12H16N4O2. The summed E-state index contributed by atoms with van der Waals surface area (Å²) in [5.74, 6) is 0.428. The van der Waals surface area contributed by atoms with E-state index in [1.165, 1.54) is 6.20 Å². The van der Waals surface area contributed by atoms with Gasteiger partial charge >= 0.3 is 0 Å². The van der Waals surface area contributed by atoms with Crippen LogP contribution in [-0.2, 0) is 4.74 Å². The molecule has 18 heavy (non-hydrogen) atoms. The lowest BCUT2D eigenvalue weighted by Crippen LogP contribution is -2.59. The number of amides is 1. The Morgan fingerprint density at radius 1 is 1.39 bits per heavy atom. The zero-order valence-electron chi connectivity index (χ0n) is 10.0. The van der Waals surface area contributed by atoms with Crippen molar-refractivity contribution in [2.24, 2.45) is 0 Å². The molecule has 96 valence electrons. The summed E-state index contributed by atoms with van der Waals surface area (Å²) in [5, 5.41) is 3.30. The third kappa shape index (κ3) is 2.16. The summed E-state index contributed by atoms with van der Waals surface area (Å²) < 4.78 is 5.77. The Balaban J connectivity index is 1.74. The molecule has 3 heterocycles. The minimum atomic E-state index is 0.00250. The molecule has 6 heteroatoms. The first-order valence-corrected chi connectivity index (χ1v) is 6.09. The standard InChI is InChI=1S/C12H16N4O2/c13-11-2-1-8(3-15-11)12(17)16-6-9-4-14-5-10(7-16)18-9/h1-3,9-10,14H,4-7H2,(H2,13,15). The number of aromatic nitrogens is 1. The highest BCUT2D eigenvalue weighted by atomic mass is 16.5. The first-order valence-electron chi connectivity index (χ1n) is 6.09. The molecule has 1 aromatic heterocycles. The summed E-state index contributed by atoms with van der Waals surface area (Å²) in [4.78, 5) is 18.1. The third-order valence-electron chi connectivity index (χ3n) is 3.30. The van der Waals surface area contributed by atoms with Gasteiger partial charge in [-0.1, -0.05) is 0 Å². The van der Waals surface area contributed by atoms with Crippen molar-refractivity contribution < 1.29 is 9.53 Å². The minimum Gasteiger partial charge on any atom is -0.384 e. The summed E-state index contributed by atoms with van der Waals surface area (Å²) in [7, 11) is 0. The highest BCUT2D eigenvalue weighted by Gasteiger charge is 2.33. The largest absolute Gasteiger partial charge is 0.384 e. The van der Waals surface area contributed by atoms with E-state index in [0.29, 0.717) is 24.5 Å². The molecule has 1 aromatic rings. The Labute approximate surface area is 105 Å². The lowest BCUT2D eigenvalue weighted by molar-refractivity contribution is -0.0930. The van der Waals surface area contributed by atoms with Crippen LogP contribution in [0, 0.1) is 0 Å². The fourth-order valence-electron chi connectivity index (χ4n) is 2.44. The van der Waals surface area contributed by atoms with Crippen LogP contribution in [0.15, 0.2) is 18.3 Å². The number of nitrogens with one attached hydrogen (secondary N) is 1. The number of hydrogen-bond donors (Lipinski definition) is 2. The number of pyridine rings is 1. The molecule has 3 rings (SSSR count). The number of carbonyl (C=O) groups is 1. The average Bonchev–Trinajstić information content (AvgIpc) is 2.38. The number of nitrogen functional groups attached to an aromatic ring is 1. The Morgan fingerprint density at radius 2 is 2.11 bits per heavy atom. The molecule has 2 aliphatic heterocycles. The van der Waals surface area contributed by atoms with Gasteiger partial charge in [-0.3, -0.25) is 4.79 Å². The van der Waals surface area contributed by atoms with Crippen molar-refractivity contribution in [2.45, 2.75) is 12.2 Å². The average molecular weight is 248 g/mol. The summed E-state index contributed by atoms with van der Waals surface area (Å²) in [6, 6.07) is 3.37. The Morgan fingerprint density at radius 3 is 2.72 bits per heavy atom. The second-order valence-corrected chi connectivity index (χ2v) is 4.72. The van der Waals surface area contributed by atoms with Crippen LogP contribution in [0.4, 0.5) is 5.82 Å². The van der Waals surface area contributed by atoms with E-state index in [2.05, 4.69) is 10.3 Å². The Bertz CT molecular complexity index is 436. The number of morpholine rings is 2. The van der Waals surface area contributed by atoms with Crippen LogP contribution < -0.4 is 11.1 Å². The van der Waals surface area contributed by atoms with Crippen LogP contribution in [0.25, 0.3) is 0 Å². The maximum absolute atomic E-state index is 12.3.